The lowest BCUT2D eigenvalue weighted by Crippen LogP contribution is -2.00. The van der Waals surface area contributed by atoms with E-state index in [-0.39, 0.29) is 0 Å². The van der Waals surface area contributed by atoms with Gasteiger partial charge >= 0.3 is 0 Å². The molecule has 0 fully saturated rings. The summed E-state index contributed by atoms with van der Waals surface area (Å²) in [6.07, 6.45) is 1.64. The molecule has 0 spiro atoms. The third-order valence-corrected chi connectivity index (χ3v) is 2.71. The summed E-state index contributed by atoms with van der Waals surface area (Å²) in [7, 11) is 0. The summed E-state index contributed by atoms with van der Waals surface area (Å²) in [5.74, 6) is 0.372. The second-order valence-corrected chi connectivity index (χ2v) is 4.11. The summed E-state index contributed by atoms with van der Waals surface area (Å²) < 4.78 is 0. The highest BCUT2D eigenvalue weighted by Gasteiger charge is 2.09. The molecule has 0 amide bonds. The van der Waals surface area contributed by atoms with Crippen molar-refractivity contribution in [2.75, 3.05) is 0 Å². The van der Waals surface area contributed by atoms with Gasteiger partial charge in [0.2, 0.25) is 5.82 Å². The fourth-order valence-electron chi connectivity index (χ4n) is 1.78. The lowest BCUT2D eigenvalue weighted by Gasteiger charge is -1.99. The number of aromatic nitrogens is 5. The Morgan fingerprint density at radius 3 is 2.38 bits per heavy atom. The van der Waals surface area contributed by atoms with Crippen LogP contribution in [0.3, 0.4) is 0 Å². The lowest BCUT2D eigenvalue weighted by atomic mass is 10.1. The molecule has 3 aromatic rings. The predicted octanol–water partition coefficient (Wildman–Crippen LogP) is 1.47. The summed E-state index contributed by atoms with van der Waals surface area (Å²) in [6, 6.07) is 14.1. The van der Waals surface area contributed by atoms with Gasteiger partial charge in [0, 0.05) is 6.20 Å². The van der Waals surface area contributed by atoms with Gasteiger partial charge < -0.3 is 0 Å². The Morgan fingerprint density at radius 1 is 1.00 bits per heavy atom. The molecule has 0 aliphatic heterocycles. The minimum atomic E-state index is 0.362. The van der Waals surface area contributed by atoms with Gasteiger partial charge in [-0.1, -0.05) is 6.07 Å². The van der Waals surface area contributed by atoms with Crippen LogP contribution in [0.15, 0.2) is 42.6 Å². The molecule has 0 aliphatic rings. The van der Waals surface area contributed by atoms with E-state index >= 15 is 0 Å². The molecule has 0 atom stereocenters. The second-order valence-electron chi connectivity index (χ2n) is 4.11. The van der Waals surface area contributed by atoms with E-state index in [1.54, 1.807) is 30.5 Å². The molecule has 0 aliphatic carbocycles. The van der Waals surface area contributed by atoms with Crippen molar-refractivity contribution >= 4 is 0 Å². The summed E-state index contributed by atoms with van der Waals surface area (Å²) in [5, 5.41) is 30.0. The fourth-order valence-corrected chi connectivity index (χ4v) is 1.78. The van der Waals surface area contributed by atoms with Gasteiger partial charge in [0.15, 0.2) is 0 Å². The zero-order valence-corrected chi connectivity index (χ0v) is 10.7. The first kappa shape index (κ1) is 12.5. The van der Waals surface area contributed by atoms with Gasteiger partial charge in [-0.3, -0.25) is 4.98 Å². The van der Waals surface area contributed by atoms with Crippen LogP contribution in [0, 0.1) is 22.7 Å². The average Bonchev–Trinajstić information content (AvgIpc) is 3.05. The fraction of sp³-hybridized carbons (Fsp3) is 0. The van der Waals surface area contributed by atoms with E-state index in [9.17, 15) is 0 Å². The van der Waals surface area contributed by atoms with Gasteiger partial charge in [0.25, 0.3) is 0 Å². The quantitative estimate of drug-likeness (QED) is 0.700. The van der Waals surface area contributed by atoms with Crippen LogP contribution in [-0.4, -0.2) is 25.2 Å². The van der Waals surface area contributed by atoms with Gasteiger partial charge in [-0.25, -0.2) is 0 Å². The standard InChI is InChI=1S/C14H7N7/c15-8-10-5-11(9-16)7-12(6-10)21-19-14(18-20-21)13-3-1-2-4-17-13/h1-7H. The number of nitrogens with zero attached hydrogens (tertiary/aromatic N) is 7. The second kappa shape index (κ2) is 5.19. The minimum absolute atomic E-state index is 0.362. The van der Waals surface area contributed by atoms with Crippen LogP contribution in [-0.2, 0) is 0 Å². The largest absolute Gasteiger partial charge is 0.253 e. The molecule has 7 heteroatoms. The number of hydrogen-bond acceptors (Lipinski definition) is 6. The van der Waals surface area contributed by atoms with Crippen LogP contribution in [0.5, 0.6) is 0 Å². The average molecular weight is 273 g/mol. The van der Waals surface area contributed by atoms with Crippen LogP contribution in [0.25, 0.3) is 17.2 Å². The highest BCUT2D eigenvalue weighted by molar-refractivity contribution is 5.50. The number of benzene rings is 1. The molecule has 0 N–H and O–H groups in total. The molecule has 7 nitrogen and oxygen atoms in total. The first-order chi connectivity index (χ1) is 10.3. The molecule has 3 rings (SSSR count). The maximum atomic E-state index is 8.98. The van der Waals surface area contributed by atoms with E-state index in [0.29, 0.717) is 28.3 Å². The van der Waals surface area contributed by atoms with Gasteiger partial charge in [-0.2, -0.15) is 10.5 Å². The molecule has 0 unspecified atom stereocenters. The zero-order chi connectivity index (χ0) is 14.7. The molecule has 0 bridgehead atoms. The molecule has 0 saturated heterocycles. The van der Waals surface area contributed by atoms with E-state index in [2.05, 4.69) is 20.4 Å². The Bertz CT molecular complexity index is 836. The van der Waals surface area contributed by atoms with Gasteiger partial charge in [-0.15, -0.1) is 15.0 Å². The van der Waals surface area contributed by atoms with Crippen molar-refractivity contribution < 1.29 is 0 Å². The monoisotopic (exact) mass is 273 g/mol. The Labute approximate surface area is 119 Å². The Balaban J connectivity index is 2.05. The summed E-state index contributed by atoms with van der Waals surface area (Å²) in [6.45, 7) is 0. The SMILES string of the molecule is N#Cc1cc(C#N)cc(-n2nnc(-c3ccccn3)n2)c1. The first-order valence-corrected chi connectivity index (χ1v) is 5.97. The molecule has 98 valence electrons. The van der Waals surface area contributed by atoms with E-state index < -0.39 is 0 Å². The van der Waals surface area contributed by atoms with Crippen molar-refractivity contribution in [3.63, 3.8) is 0 Å². The molecular formula is C14H7N7. The first-order valence-electron chi connectivity index (χ1n) is 5.97. The number of hydrogen-bond donors (Lipinski definition) is 0. The van der Waals surface area contributed by atoms with Gasteiger partial charge in [-0.05, 0) is 35.5 Å². The van der Waals surface area contributed by atoms with Crippen molar-refractivity contribution in [1.29, 1.82) is 10.5 Å². The third kappa shape index (κ3) is 2.44. The summed E-state index contributed by atoms with van der Waals surface area (Å²) in [4.78, 5) is 5.41. The van der Waals surface area contributed by atoms with Gasteiger partial charge in [0.1, 0.15) is 5.69 Å². The summed E-state index contributed by atoms with van der Waals surface area (Å²) in [5.41, 5.74) is 1.82. The normalized spacial score (nSPS) is 9.81. The number of rotatable bonds is 2. The highest BCUT2D eigenvalue weighted by Crippen LogP contribution is 2.14. The van der Waals surface area contributed by atoms with Crippen LogP contribution in [0.1, 0.15) is 11.1 Å². The van der Waals surface area contributed by atoms with Crippen molar-refractivity contribution in [3.05, 3.63) is 53.7 Å². The predicted molar refractivity (Wildman–Crippen MR) is 71.8 cm³/mol. The maximum Gasteiger partial charge on any atom is 0.223 e. The van der Waals surface area contributed by atoms with Crippen LogP contribution < -0.4 is 0 Å². The van der Waals surface area contributed by atoms with Crippen molar-refractivity contribution in [2.45, 2.75) is 0 Å². The molecule has 0 saturated carbocycles. The van der Waals surface area contributed by atoms with Crippen molar-refractivity contribution in [1.82, 2.24) is 25.2 Å². The van der Waals surface area contributed by atoms with E-state index in [4.69, 9.17) is 10.5 Å². The number of tetrazole rings is 1. The molecule has 1 aromatic carbocycles. The molecule has 21 heavy (non-hydrogen) atoms. The van der Waals surface area contributed by atoms with Gasteiger partial charge in [0.05, 0.1) is 29.0 Å². The number of nitriles is 2. The molecule has 0 radical (unpaired) electrons. The Kier molecular flexibility index (Phi) is 3.08. The minimum Gasteiger partial charge on any atom is -0.253 e. The summed E-state index contributed by atoms with van der Waals surface area (Å²) >= 11 is 0. The van der Waals surface area contributed by atoms with Crippen LogP contribution in [0.4, 0.5) is 0 Å². The van der Waals surface area contributed by atoms with Crippen LogP contribution in [0.2, 0.25) is 0 Å². The highest BCUT2D eigenvalue weighted by atomic mass is 15.6. The molecule has 2 aromatic heterocycles. The van der Waals surface area contributed by atoms with Crippen LogP contribution >= 0.6 is 0 Å². The lowest BCUT2D eigenvalue weighted by molar-refractivity contribution is 0.719. The third-order valence-electron chi connectivity index (χ3n) is 2.71. The Hall–Kier alpha value is -3.58. The zero-order valence-electron chi connectivity index (χ0n) is 10.7. The molecule has 2 heterocycles. The van der Waals surface area contributed by atoms with Crippen molar-refractivity contribution in [3.8, 4) is 29.3 Å². The maximum absolute atomic E-state index is 8.98. The molecular weight excluding hydrogens is 266 g/mol. The van der Waals surface area contributed by atoms with E-state index in [0.717, 1.165) is 0 Å². The van der Waals surface area contributed by atoms with E-state index in [1.165, 1.54) is 10.9 Å². The Morgan fingerprint density at radius 2 is 1.76 bits per heavy atom. The van der Waals surface area contributed by atoms with E-state index in [1.807, 2.05) is 18.2 Å². The van der Waals surface area contributed by atoms with Crippen molar-refractivity contribution in [2.24, 2.45) is 0 Å². The smallest absolute Gasteiger partial charge is 0.223 e. The number of pyridine rings is 1. The topological polar surface area (TPSA) is 104 Å².